The zero-order valence-corrected chi connectivity index (χ0v) is 12.8. The summed E-state index contributed by atoms with van der Waals surface area (Å²) in [5, 5.41) is 4.47. The van der Waals surface area contributed by atoms with Crippen LogP contribution in [-0.2, 0) is 4.74 Å². The van der Waals surface area contributed by atoms with Crippen molar-refractivity contribution in [3.8, 4) is 5.69 Å². The van der Waals surface area contributed by atoms with Crippen LogP contribution >= 0.6 is 0 Å². The molecule has 0 bridgehead atoms. The van der Waals surface area contributed by atoms with Gasteiger partial charge < -0.3 is 15.4 Å². The van der Waals surface area contributed by atoms with Crippen LogP contribution in [0.4, 0.5) is 11.6 Å². The number of benzene rings is 1. The van der Waals surface area contributed by atoms with Crippen LogP contribution in [0.1, 0.15) is 22.8 Å². The maximum Gasteiger partial charge on any atom is 0.345 e. The summed E-state index contributed by atoms with van der Waals surface area (Å²) in [6.45, 7) is 4.68. The van der Waals surface area contributed by atoms with E-state index in [2.05, 4.69) is 5.10 Å². The van der Waals surface area contributed by atoms with Crippen LogP contribution in [-0.4, -0.2) is 36.5 Å². The lowest BCUT2D eigenvalue weighted by molar-refractivity contribution is 0.0602. The minimum atomic E-state index is -0.485. The molecule has 2 aromatic rings. The van der Waals surface area contributed by atoms with Gasteiger partial charge >= 0.3 is 5.97 Å². The van der Waals surface area contributed by atoms with E-state index >= 15 is 0 Å². The van der Waals surface area contributed by atoms with Crippen molar-refractivity contribution in [1.29, 1.82) is 0 Å². The van der Waals surface area contributed by atoms with E-state index < -0.39 is 5.97 Å². The fraction of sp³-hybridized carbons (Fsp3) is 0.333. The summed E-state index contributed by atoms with van der Waals surface area (Å²) in [5.41, 5.74) is 8.36. The van der Waals surface area contributed by atoms with Crippen LogP contribution < -0.4 is 10.6 Å². The number of nitrogens with zero attached hydrogens (tertiary/aromatic N) is 3. The van der Waals surface area contributed by atoms with Gasteiger partial charge in [0.25, 0.3) is 0 Å². The summed E-state index contributed by atoms with van der Waals surface area (Å²) in [4.78, 5) is 13.8. The smallest absolute Gasteiger partial charge is 0.345 e. The quantitative estimate of drug-likeness (QED) is 0.871. The minimum Gasteiger partial charge on any atom is -0.465 e. The summed E-state index contributed by atoms with van der Waals surface area (Å²) >= 11 is 0. The van der Waals surface area contributed by atoms with E-state index in [9.17, 15) is 4.79 Å². The van der Waals surface area contributed by atoms with Crippen molar-refractivity contribution in [2.24, 2.45) is 0 Å². The van der Waals surface area contributed by atoms with Gasteiger partial charge in [-0.15, -0.1) is 5.10 Å². The van der Waals surface area contributed by atoms with E-state index in [4.69, 9.17) is 10.5 Å². The van der Waals surface area contributed by atoms with Crippen LogP contribution in [0.15, 0.2) is 24.3 Å². The Hall–Kier alpha value is -2.50. The zero-order chi connectivity index (χ0) is 15.6. The zero-order valence-electron chi connectivity index (χ0n) is 12.8. The van der Waals surface area contributed by atoms with Crippen molar-refractivity contribution in [3.63, 3.8) is 0 Å². The molecule has 0 amide bonds. The maximum absolute atomic E-state index is 12.0. The SMILES string of the molecule is CCN(C)c1nn(-c2ccc(C)cc2)c(N)c1C(=O)OC. The highest BCUT2D eigenvalue weighted by atomic mass is 16.5. The van der Waals surface area contributed by atoms with Gasteiger partial charge in [0, 0.05) is 13.6 Å². The fourth-order valence-corrected chi connectivity index (χ4v) is 2.02. The Balaban J connectivity index is 2.60. The highest BCUT2D eigenvalue weighted by Gasteiger charge is 2.25. The molecule has 0 aliphatic rings. The molecule has 0 spiro atoms. The Morgan fingerprint density at radius 1 is 1.38 bits per heavy atom. The standard InChI is InChI=1S/C15H20N4O2/c1-5-18(3)14-12(15(20)21-4)13(16)19(17-14)11-8-6-10(2)7-9-11/h6-9H,5,16H2,1-4H3. The molecule has 112 valence electrons. The Labute approximate surface area is 124 Å². The summed E-state index contributed by atoms with van der Waals surface area (Å²) in [6, 6.07) is 7.76. The number of carbonyl (C=O) groups excluding carboxylic acids is 1. The minimum absolute atomic E-state index is 0.279. The molecule has 1 heterocycles. The number of nitrogens with two attached hydrogens (primary N) is 1. The van der Waals surface area contributed by atoms with Gasteiger partial charge in [-0.3, -0.25) is 0 Å². The predicted octanol–water partition coefficient (Wildman–Crippen LogP) is 2.01. The van der Waals surface area contributed by atoms with E-state index in [1.807, 2.05) is 50.1 Å². The monoisotopic (exact) mass is 288 g/mol. The van der Waals surface area contributed by atoms with Crippen LogP contribution in [0.3, 0.4) is 0 Å². The van der Waals surface area contributed by atoms with Crippen LogP contribution in [0.2, 0.25) is 0 Å². The molecule has 0 aliphatic carbocycles. The van der Waals surface area contributed by atoms with Gasteiger partial charge in [0.1, 0.15) is 11.4 Å². The van der Waals surface area contributed by atoms with Gasteiger partial charge in [-0.2, -0.15) is 0 Å². The molecule has 6 heteroatoms. The second-order valence-electron chi connectivity index (χ2n) is 4.84. The Morgan fingerprint density at radius 2 is 2.00 bits per heavy atom. The number of anilines is 2. The number of nitrogen functional groups attached to an aromatic ring is 1. The highest BCUT2D eigenvalue weighted by molar-refractivity contribution is 6.00. The molecular formula is C15H20N4O2. The van der Waals surface area contributed by atoms with Gasteiger partial charge in [0.2, 0.25) is 0 Å². The number of rotatable bonds is 4. The summed E-state index contributed by atoms with van der Waals surface area (Å²) in [7, 11) is 3.19. The second-order valence-corrected chi connectivity index (χ2v) is 4.84. The Bertz CT molecular complexity index is 646. The number of carbonyl (C=O) groups is 1. The van der Waals surface area contributed by atoms with E-state index in [0.717, 1.165) is 11.3 Å². The molecule has 0 aliphatic heterocycles. The first-order valence-electron chi connectivity index (χ1n) is 6.74. The molecule has 0 radical (unpaired) electrons. The predicted molar refractivity (Wildman–Crippen MR) is 83.0 cm³/mol. The topological polar surface area (TPSA) is 73.4 Å². The van der Waals surface area contributed by atoms with Gasteiger partial charge in [0.05, 0.1) is 12.8 Å². The number of ether oxygens (including phenoxy) is 1. The lowest BCUT2D eigenvalue weighted by atomic mass is 10.2. The molecule has 2 rings (SSSR count). The first-order valence-corrected chi connectivity index (χ1v) is 6.74. The van der Waals surface area contributed by atoms with E-state index in [0.29, 0.717) is 17.9 Å². The lowest BCUT2D eigenvalue weighted by Crippen LogP contribution is -2.19. The average Bonchev–Trinajstić information content (AvgIpc) is 2.84. The number of methoxy groups -OCH3 is 1. The molecule has 0 unspecified atom stereocenters. The summed E-state index contributed by atoms with van der Waals surface area (Å²) in [5.74, 6) is 0.310. The first-order chi connectivity index (χ1) is 9.99. The molecular weight excluding hydrogens is 268 g/mol. The number of aromatic nitrogens is 2. The lowest BCUT2D eigenvalue weighted by Gasteiger charge is -2.14. The number of hydrogen-bond donors (Lipinski definition) is 1. The van der Waals surface area contributed by atoms with Crippen LogP contribution in [0.5, 0.6) is 0 Å². The normalized spacial score (nSPS) is 10.5. The summed E-state index contributed by atoms with van der Waals surface area (Å²) < 4.78 is 6.38. The average molecular weight is 288 g/mol. The Morgan fingerprint density at radius 3 is 2.52 bits per heavy atom. The van der Waals surface area contributed by atoms with Crippen molar-refractivity contribution in [1.82, 2.24) is 9.78 Å². The third-order valence-electron chi connectivity index (χ3n) is 3.41. The van der Waals surface area contributed by atoms with Crippen molar-refractivity contribution in [2.75, 3.05) is 31.3 Å². The molecule has 2 N–H and O–H groups in total. The molecule has 0 saturated carbocycles. The Kier molecular flexibility index (Phi) is 4.16. The van der Waals surface area contributed by atoms with Gasteiger partial charge in [0.15, 0.2) is 5.82 Å². The van der Waals surface area contributed by atoms with Crippen LogP contribution in [0.25, 0.3) is 5.69 Å². The van der Waals surface area contributed by atoms with Gasteiger partial charge in [-0.1, -0.05) is 17.7 Å². The van der Waals surface area contributed by atoms with Gasteiger partial charge in [-0.25, -0.2) is 9.48 Å². The molecule has 1 aromatic heterocycles. The van der Waals surface area contributed by atoms with Crippen molar-refractivity contribution in [2.45, 2.75) is 13.8 Å². The number of hydrogen-bond acceptors (Lipinski definition) is 5. The molecule has 21 heavy (non-hydrogen) atoms. The fourth-order valence-electron chi connectivity index (χ4n) is 2.02. The molecule has 1 aromatic carbocycles. The number of aryl methyl sites for hydroxylation is 1. The molecule has 0 atom stereocenters. The van der Waals surface area contributed by atoms with E-state index in [1.165, 1.54) is 7.11 Å². The van der Waals surface area contributed by atoms with Crippen LogP contribution in [0, 0.1) is 6.92 Å². The largest absolute Gasteiger partial charge is 0.465 e. The number of esters is 1. The second kappa shape index (κ2) is 5.87. The third kappa shape index (κ3) is 2.69. The van der Waals surface area contributed by atoms with Crippen molar-refractivity contribution < 1.29 is 9.53 Å². The molecule has 6 nitrogen and oxygen atoms in total. The van der Waals surface area contributed by atoms with Gasteiger partial charge in [-0.05, 0) is 26.0 Å². The van der Waals surface area contributed by atoms with E-state index in [1.54, 1.807) is 4.68 Å². The van der Waals surface area contributed by atoms with E-state index in [-0.39, 0.29) is 5.82 Å². The highest BCUT2D eigenvalue weighted by Crippen LogP contribution is 2.28. The first kappa shape index (κ1) is 14.9. The van der Waals surface area contributed by atoms with Crippen molar-refractivity contribution in [3.05, 3.63) is 35.4 Å². The third-order valence-corrected chi connectivity index (χ3v) is 3.41. The summed E-state index contributed by atoms with van der Waals surface area (Å²) in [6.07, 6.45) is 0. The molecule has 0 fully saturated rings. The molecule has 0 saturated heterocycles. The maximum atomic E-state index is 12.0. The van der Waals surface area contributed by atoms with Crippen molar-refractivity contribution >= 4 is 17.6 Å².